The predicted octanol–water partition coefficient (Wildman–Crippen LogP) is -0.810. The van der Waals surface area contributed by atoms with E-state index < -0.39 is 12.1 Å². The Kier molecular flexibility index (Phi) is 4.80. The lowest BCUT2D eigenvalue weighted by atomic mass is 10.2. The van der Waals surface area contributed by atoms with Gasteiger partial charge in [0, 0.05) is 17.8 Å². The number of rotatable bonds is 7. The van der Waals surface area contributed by atoms with Gasteiger partial charge in [-0.1, -0.05) is 12.1 Å². The number of nitrogens with zero attached hydrogens (tertiary/aromatic N) is 4. The molecule has 0 bridgehead atoms. The second kappa shape index (κ2) is 6.77. The number of hydrogen-bond donors (Lipinski definition) is 4. The van der Waals surface area contributed by atoms with E-state index in [1.165, 1.54) is 0 Å². The third-order valence-electron chi connectivity index (χ3n) is 2.60. The first-order chi connectivity index (χ1) is 10.1. The van der Waals surface area contributed by atoms with Gasteiger partial charge in [0.1, 0.15) is 0 Å². The lowest BCUT2D eigenvalue weighted by Crippen LogP contribution is -2.22. The summed E-state index contributed by atoms with van der Waals surface area (Å²) in [7, 11) is 0. The van der Waals surface area contributed by atoms with E-state index in [1.807, 2.05) is 0 Å². The average Bonchev–Trinajstić information content (AvgIpc) is 2.92. The largest absolute Gasteiger partial charge is 0.480 e. The van der Waals surface area contributed by atoms with Crippen LogP contribution in [0.15, 0.2) is 24.3 Å². The molecule has 0 amide bonds. The molecule has 0 spiro atoms. The van der Waals surface area contributed by atoms with Gasteiger partial charge in [0.2, 0.25) is 5.82 Å². The minimum Gasteiger partial charge on any atom is -0.480 e. The van der Waals surface area contributed by atoms with Crippen LogP contribution in [0.5, 0.6) is 0 Å². The number of anilines is 1. The lowest BCUT2D eigenvalue weighted by Gasteiger charge is -2.10. The summed E-state index contributed by atoms with van der Waals surface area (Å²) in [4.78, 5) is 11.6. The van der Waals surface area contributed by atoms with E-state index in [2.05, 4.69) is 20.7 Å². The Morgan fingerprint density at radius 3 is 2.95 bits per heavy atom. The summed E-state index contributed by atoms with van der Waals surface area (Å²) in [6, 6.07) is 7.05. The molecule has 0 saturated carbocycles. The van der Waals surface area contributed by atoms with Crippen LogP contribution in [0.4, 0.5) is 5.69 Å². The van der Waals surface area contributed by atoms with Gasteiger partial charge in [-0.05, 0) is 17.3 Å². The van der Waals surface area contributed by atoms with Crippen molar-refractivity contribution in [1.29, 1.82) is 0 Å². The van der Waals surface area contributed by atoms with Crippen molar-refractivity contribution in [3.05, 3.63) is 24.3 Å². The number of carboxylic acids is 1. The topological polar surface area (TPSA) is 133 Å². The average molecular weight is 293 g/mol. The standard InChI is InChI=1S/C12H15N5O4/c18-7-10(19)5-13-9-3-1-2-8(4-9)12-14-16-17(15-12)6-11(20)21/h1-4,10,13,18-19H,5-7H2,(H,20,21). The number of carboxylic acid groups (broad SMARTS) is 1. The Bertz CT molecular complexity index is 615. The minimum atomic E-state index is -1.05. The van der Waals surface area contributed by atoms with Crippen molar-refractivity contribution < 1.29 is 20.1 Å². The maximum absolute atomic E-state index is 10.6. The van der Waals surface area contributed by atoms with Crippen molar-refractivity contribution in [1.82, 2.24) is 20.2 Å². The van der Waals surface area contributed by atoms with Crippen LogP contribution < -0.4 is 5.32 Å². The van der Waals surface area contributed by atoms with Crippen LogP contribution in [-0.4, -0.2) is 60.8 Å². The number of nitrogens with one attached hydrogen (secondary N) is 1. The molecule has 0 fully saturated rings. The van der Waals surface area contributed by atoms with E-state index in [9.17, 15) is 9.90 Å². The van der Waals surface area contributed by atoms with Crippen LogP contribution in [-0.2, 0) is 11.3 Å². The maximum Gasteiger partial charge on any atom is 0.327 e. The Labute approximate surface area is 119 Å². The van der Waals surface area contributed by atoms with Crippen molar-refractivity contribution in [3.8, 4) is 11.4 Å². The van der Waals surface area contributed by atoms with E-state index in [4.69, 9.17) is 10.2 Å². The Balaban J connectivity index is 2.09. The summed E-state index contributed by atoms with van der Waals surface area (Å²) in [6.45, 7) is -0.468. The predicted molar refractivity (Wildman–Crippen MR) is 72.5 cm³/mol. The quantitative estimate of drug-likeness (QED) is 0.521. The van der Waals surface area contributed by atoms with Crippen LogP contribution in [0, 0.1) is 0 Å². The number of aliphatic carboxylic acids is 1. The highest BCUT2D eigenvalue weighted by atomic mass is 16.4. The van der Waals surface area contributed by atoms with Gasteiger partial charge in [-0.15, -0.1) is 10.2 Å². The van der Waals surface area contributed by atoms with Gasteiger partial charge < -0.3 is 20.6 Å². The molecule has 9 nitrogen and oxygen atoms in total. The molecular formula is C12H15N5O4. The molecule has 1 aromatic carbocycles. The third kappa shape index (κ3) is 4.23. The summed E-state index contributed by atoms with van der Waals surface area (Å²) in [5.41, 5.74) is 1.38. The second-order valence-corrected chi connectivity index (χ2v) is 4.34. The van der Waals surface area contributed by atoms with Crippen LogP contribution in [0.2, 0.25) is 0 Å². The molecule has 0 saturated heterocycles. The molecule has 2 aromatic rings. The molecule has 9 heteroatoms. The molecule has 2 rings (SSSR count). The fraction of sp³-hybridized carbons (Fsp3) is 0.333. The zero-order valence-electron chi connectivity index (χ0n) is 11.0. The molecule has 1 atom stereocenters. The number of benzene rings is 1. The first-order valence-electron chi connectivity index (χ1n) is 6.21. The molecule has 0 aliphatic rings. The highest BCUT2D eigenvalue weighted by Gasteiger charge is 2.09. The lowest BCUT2D eigenvalue weighted by molar-refractivity contribution is -0.138. The molecule has 1 aromatic heterocycles. The first kappa shape index (κ1) is 14.9. The molecule has 0 aliphatic heterocycles. The van der Waals surface area contributed by atoms with Crippen LogP contribution >= 0.6 is 0 Å². The summed E-state index contributed by atoms with van der Waals surface area (Å²) in [5, 5.41) is 41.1. The summed E-state index contributed by atoms with van der Waals surface area (Å²) < 4.78 is 0. The van der Waals surface area contributed by atoms with E-state index in [0.717, 1.165) is 10.5 Å². The van der Waals surface area contributed by atoms with Gasteiger partial charge in [0.15, 0.2) is 6.54 Å². The molecule has 21 heavy (non-hydrogen) atoms. The normalized spacial score (nSPS) is 12.1. The van der Waals surface area contributed by atoms with Crippen molar-refractivity contribution in [2.75, 3.05) is 18.5 Å². The number of tetrazole rings is 1. The number of aliphatic hydroxyl groups excluding tert-OH is 2. The van der Waals surface area contributed by atoms with Gasteiger partial charge in [-0.3, -0.25) is 4.79 Å². The van der Waals surface area contributed by atoms with Gasteiger partial charge >= 0.3 is 5.97 Å². The van der Waals surface area contributed by atoms with Crippen LogP contribution in [0.3, 0.4) is 0 Å². The molecule has 112 valence electrons. The summed E-state index contributed by atoms with van der Waals surface area (Å²) >= 11 is 0. The van der Waals surface area contributed by atoms with E-state index >= 15 is 0 Å². The molecule has 0 aliphatic carbocycles. The summed E-state index contributed by atoms with van der Waals surface area (Å²) in [6.07, 6.45) is -0.844. The highest BCUT2D eigenvalue weighted by Crippen LogP contribution is 2.18. The van der Waals surface area contributed by atoms with E-state index in [0.29, 0.717) is 11.4 Å². The van der Waals surface area contributed by atoms with Crippen LogP contribution in [0.25, 0.3) is 11.4 Å². The number of hydrogen-bond acceptors (Lipinski definition) is 7. The Hall–Kier alpha value is -2.52. The fourth-order valence-electron chi connectivity index (χ4n) is 1.62. The van der Waals surface area contributed by atoms with Crippen molar-refractivity contribution >= 4 is 11.7 Å². The monoisotopic (exact) mass is 293 g/mol. The van der Waals surface area contributed by atoms with Crippen molar-refractivity contribution in [2.24, 2.45) is 0 Å². The molecule has 4 N–H and O–H groups in total. The molecule has 1 unspecified atom stereocenters. The first-order valence-corrected chi connectivity index (χ1v) is 6.21. The van der Waals surface area contributed by atoms with Crippen molar-refractivity contribution in [3.63, 3.8) is 0 Å². The minimum absolute atomic E-state index is 0.207. The number of aliphatic hydroxyl groups is 2. The van der Waals surface area contributed by atoms with Gasteiger partial charge in [-0.2, -0.15) is 4.80 Å². The number of aromatic nitrogens is 4. The second-order valence-electron chi connectivity index (χ2n) is 4.34. The Morgan fingerprint density at radius 2 is 2.24 bits per heavy atom. The third-order valence-corrected chi connectivity index (χ3v) is 2.60. The SMILES string of the molecule is O=C(O)Cn1nnc(-c2cccc(NCC(O)CO)c2)n1. The van der Waals surface area contributed by atoms with Gasteiger partial charge in [-0.25, -0.2) is 0 Å². The van der Waals surface area contributed by atoms with Gasteiger partial charge in [0.25, 0.3) is 0 Å². The fourth-order valence-corrected chi connectivity index (χ4v) is 1.62. The van der Waals surface area contributed by atoms with E-state index in [-0.39, 0.29) is 19.7 Å². The van der Waals surface area contributed by atoms with Gasteiger partial charge in [0.05, 0.1) is 12.7 Å². The van der Waals surface area contributed by atoms with E-state index in [1.54, 1.807) is 24.3 Å². The highest BCUT2D eigenvalue weighted by molar-refractivity contribution is 5.66. The maximum atomic E-state index is 10.6. The Morgan fingerprint density at radius 1 is 1.43 bits per heavy atom. The van der Waals surface area contributed by atoms with Crippen LogP contribution in [0.1, 0.15) is 0 Å². The molecule has 1 heterocycles. The van der Waals surface area contributed by atoms with Crippen molar-refractivity contribution in [2.45, 2.75) is 12.6 Å². The number of carbonyl (C=O) groups is 1. The smallest absolute Gasteiger partial charge is 0.327 e. The molecule has 0 radical (unpaired) electrons. The zero-order valence-corrected chi connectivity index (χ0v) is 11.0. The summed E-state index contributed by atoms with van der Waals surface area (Å²) in [5.74, 6) is -0.741. The molecular weight excluding hydrogens is 278 g/mol. The zero-order chi connectivity index (χ0) is 15.2.